The van der Waals surface area contributed by atoms with Gasteiger partial charge in [0.05, 0.1) is 0 Å². The van der Waals surface area contributed by atoms with Gasteiger partial charge in [0.25, 0.3) is 0 Å². The third-order valence-electron chi connectivity index (χ3n) is 12.2. The molecule has 1 heterocycles. The first-order valence-electron chi connectivity index (χ1n) is 19.4. The number of nitrogens with zero attached hydrogens (tertiary/aromatic N) is 1. The zero-order valence-electron chi connectivity index (χ0n) is 31.1. The van der Waals surface area contributed by atoms with Crippen LogP contribution >= 0.6 is 0 Å². The highest BCUT2D eigenvalue weighted by molar-refractivity contribution is 6.23. The summed E-state index contributed by atoms with van der Waals surface area (Å²) in [5.41, 5.74) is 14.0. The molecule has 9 aromatic carbocycles. The van der Waals surface area contributed by atoms with Gasteiger partial charge in [0, 0.05) is 23.5 Å². The van der Waals surface area contributed by atoms with Crippen LogP contribution in [0.25, 0.3) is 87.6 Å². The minimum absolute atomic E-state index is 0.187. The van der Waals surface area contributed by atoms with Gasteiger partial charge in [-0.2, -0.15) is 0 Å². The van der Waals surface area contributed by atoms with Crippen molar-refractivity contribution in [3.8, 4) is 44.5 Å². The number of allylic oxidation sites excluding steroid dienone is 2. The first-order chi connectivity index (χ1) is 27.0. The maximum atomic E-state index is 2.54. The standard InChI is InChI=1S/C54H39N/c1-54(2)50-32-40(37-22-25-43(26-23-37)55-28-10-3-11-29-55)24-27-44(50)47-33-48-49(34-51(47)54)53(42-21-19-36-13-5-7-15-39(36)31-42)46-17-9-8-16-45(46)52(48)41-20-18-35-12-4-6-14-38(35)30-41/h4-34H,3H2,1-2H3. The Hall–Kier alpha value is -6.70. The zero-order chi connectivity index (χ0) is 36.7. The summed E-state index contributed by atoms with van der Waals surface area (Å²) in [6.45, 7) is 4.82. The van der Waals surface area contributed by atoms with Gasteiger partial charge in [-0.15, -0.1) is 0 Å². The Kier molecular flexibility index (Phi) is 7.03. The lowest BCUT2D eigenvalue weighted by Gasteiger charge is -2.24. The molecule has 0 unspecified atom stereocenters. The quantitative estimate of drug-likeness (QED) is 0.165. The lowest BCUT2D eigenvalue weighted by atomic mass is 9.79. The van der Waals surface area contributed by atoms with Crippen LogP contribution in [0, 0.1) is 0 Å². The summed E-state index contributed by atoms with van der Waals surface area (Å²) in [7, 11) is 0. The summed E-state index contributed by atoms with van der Waals surface area (Å²) in [5, 5.41) is 10.2. The van der Waals surface area contributed by atoms with Gasteiger partial charge in [-0.3, -0.25) is 0 Å². The molecule has 0 amide bonds. The molecule has 0 bridgehead atoms. The van der Waals surface area contributed by atoms with Crippen molar-refractivity contribution in [1.82, 2.24) is 0 Å². The molecule has 0 aromatic heterocycles. The van der Waals surface area contributed by atoms with Gasteiger partial charge in [-0.05, 0) is 148 Å². The molecule has 0 radical (unpaired) electrons. The van der Waals surface area contributed by atoms with Crippen LogP contribution in [0.3, 0.4) is 0 Å². The topological polar surface area (TPSA) is 3.24 Å². The molecular formula is C54H39N. The molecule has 11 rings (SSSR count). The summed E-state index contributed by atoms with van der Waals surface area (Å²) < 4.78 is 0. The molecule has 1 aliphatic carbocycles. The lowest BCUT2D eigenvalue weighted by molar-refractivity contribution is 0.661. The molecule has 0 saturated carbocycles. The molecule has 1 heteroatoms. The van der Waals surface area contributed by atoms with Crippen LogP contribution in [-0.2, 0) is 5.41 Å². The Morgan fingerprint density at radius 3 is 1.53 bits per heavy atom. The zero-order valence-corrected chi connectivity index (χ0v) is 31.1. The Labute approximate surface area is 322 Å². The van der Waals surface area contributed by atoms with Gasteiger partial charge in [-0.1, -0.05) is 147 Å². The predicted molar refractivity (Wildman–Crippen MR) is 236 cm³/mol. The van der Waals surface area contributed by atoms with Crippen molar-refractivity contribution in [2.24, 2.45) is 0 Å². The lowest BCUT2D eigenvalue weighted by Crippen LogP contribution is -2.15. The SMILES string of the molecule is CC1(C)c2cc(-c3ccc(N4C=CCC=C4)cc3)ccc2-c2cc3c(-c4ccc5ccccc5c4)c4ccccc4c(-c4ccc5ccccc5c4)c3cc21. The van der Waals surface area contributed by atoms with E-state index in [4.69, 9.17) is 0 Å². The molecular weight excluding hydrogens is 663 g/mol. The van der Waals surface area contributed by atoms with E-state index in [0.717, 1.165) is 6.42 Å². The van der Waals surface area contributed by atoms with E-state index in [9.17, 15) is 0 Å². The number of hydrogen-bond donors (Lipinski definition) is 0. The second kappa shape index (κ2) is 12.2. The molecule has 1 nitrogen and oxygen atoms in total. The Balaban J connectivity index is 1.16. The normalized spacial score (nSPS) is 14.3. The fraction of sp³-hybridized carbons (Fsp3) is 0.0741. The third kappa shape index (κ3) is 5.00. The van der Waals surface area contributed by atoms with E-state index in [2.05, 4.69) is 207 Å². The highest BCUT2D eigenvalue weighted by Crippen LogP contribution is 2.54. The van der Waals surface area contributed by atoms with Crippen LogP contribution in [0.2, 0.25) is 0 Å². The highest BCUT2D eigenvalue weighted by Gasteiger charge is 2.37. The van der Waals surface area contributed by atoms with Crippen LogP contribution in [0.5, 0.6) is 0 Å². The van der Waals surface area contributed by atoms with Gasteiger partial charge >= 0.3 is 0 Å². The van der Waals surface area contributed by atoms with Crippen molar-refractivity contribution in [2.45, 2.75) is 25.7 Å². The highest BCUT2D eigenvalue weighted by atomic mass is 15.1. The number of fused-ring (bicyclic) bond motifs is 7. The largest absolute Gasteiger partial charge is 0.324 e. The third-order valence-corrected chi connectivity index (χ3v) is 12.2. The summed E-state index contributed by atoms with van der Waals surface area (Å²) in [6.07, 6.45) is 9.66. The number of hydrogen-bond acceptors (Lipinski definition) is 1. The van der Waals surface area contributed by atoms with Crippen molar-refractivity contribution in [3.63, 3.8) is 0 Å². The van der Waals surface area contributed by atoms with E-state index in [1.54, 1.807) is 0 Å². The van der Waals surface area contributed by atoms with E-state index in [0.29, 0.717) is 0 Å². The molecule has 55 heavy (non-hydrogen) atoms. The van der Waals surface area contributed by atoms with E-state index >= 15 is 0 Å². The monoisotopic (exact) mass is 701 g/mol. The van der Waals surface area contributed by atoms with Crippen LogP contribution in [-0.4, -0.2) is 0 Å². The maximum absolute atomic E-state index is 2.54. The second-order valence-electron chi connectivity index (χ2n) is 15.7. The van der Waals surface area contributed by atoms with Crippen LogP contribution in [0.1, 0.15) is 31.4 Å². The number of rotatable bonds is 4. The smallest absolute Gasteiger partial charge is 0.0449 e. The van der Waals surface area contributed by atoms with Crippen molar-refractivity contribution in [2.75, 3.05) is 4.90 Å². The van der Waals surface area contributed by atoms with E-state index in [-0.39, 0.29) is 5.41 Å². The molecule has 2 aliphatic rings. The van der Waals surface area contributed by atoms with Gasteiger partial charge in [-0.25, -0.2) is 0 Å². The second-order valence-corrected chi connectivity index (χ2v) is 15.7. The molecule has 9 aromatic rings. The average molecular weight is 702 g/mol. The molecule has 0 saturated heterocycles. The van der Waals surface area contributed by atoms with Crippen molar-refractivity contribution in [3.05, 3.63) is 199 Å². The van der Waals surface area contributed by atoms with Crippen molar-refractivity contribution < 1.29 is 0 Å². The molecule has 1 aliphatic heterocycles. The minimum atomic E-state index is -0.187. The van der Waals surface area contributed by atoms with E-state index in [1.165, 1.54) is 104 Å². The first-order valence-corrected chi connectivity index (χ1v) is 19.4. The van der Waals surface area contributed by atoms with Crippen LogP contribution in [0.4, 0.5) is 5.69 Å². The molecule has 260 valence electrons. The first kappa shape index (κ1) is 31.8. The van der Waals surface area contributed by atoms with Gasteiger partial charge in [0.15, 0.2) is 0 Å². The summed E-state index contributed by atoms with van der Waals surface area (Å²) in [5.74, 6) is 0. The van der Waals surface area contributed by atoms with Crippen LogP contribution < -0.4 is 4.90 Å². The van der Waals surface area contributed by atoms with Crippen LogP contribution in [0.15, 0.2) is 188 Å². The van der Waals surface area contributed by atoms with Crippen molar-refractivity contribution >= 4 is 48.8 Å². The molecule has 0 spiro atoms. The van der Waals surface area contributed by atoms with E-state index in [1.807, 2.05) is 0 Å². The number of anilines is 1. The predicted octanol–water partition coefficient (Wildman–Crippen LogP) is 14.8. The van der Waals surface area contributed by atoms with Gasteiger partial charge < -0.3 is 4.90 Å². The number of benzene rings is 9. The maximum Gasteiger partial charge on any atom is 0.0449 e. The summed E-state index contributed by atoms with van der Waals surface area (Å²) >= 11 is 0. The average Bonchev–Trinajstić information content (AvgIpc) is 3.46. The molecule has 0 atom stereocenters. The summed E-state index contributed by atoms with van der Waals surface area (Å²) in [6, 6.07) is 61.6. The fourth-order valence-corrected chi connectivity index (χ4v) is 9.37. The summed E-state index contributed by atoms with van der Waals surface area (Å²) in [4.78, 5) is 2.18. The van der Waals surface area contributed by atoms with E-state index < -0.39 is 0 Å². The molecule has 0 N–H and O–H groups in total. The Morgan fingerprint density at radius 2 is 0.909 bits per heavy atom. The van der Waals surface area contributed by atoms with Gasteiger partial charge in [0.2, 0.25) is 0 Å². The Morgan fingerprint density at radius 1 is 0.400 bits per heavy atom. The van der Waals surface area contributed by atoms with Gasteiger partial charge in [0.1, 0.15) is 0 Å². The Bertz CT molecular complexity index is 3070. The van der Waals surface area contributed by atoms with Crippen molar-refractivity contribution in [1.29, 1.82) is 0 Å². The minimum Gasteiger partial charge on any atom is -0.324 e. The fourth-order valence-electron chi connectivity index (χ4n) is 9.37. The molecule has 0 fully saturated rings.